The number of aliphatic carboxylic acids is 1. The number of amides is 1. The van der Waals surface area contributed by atoms with Gasteiger partial charge in [0, 0.05) is 11.3 Å². The van der Waals surface area contributed by atoms with Crippen molar-refractivity contribution in [2.75, 3.05) is 23.5 Å². The molecule has 1 amide bonds. The molecule has 1 fully saturated rings. The van der Waals surface area contributed by atoms with Crippen LogP contribution < -0.4 is 5.32 Å². The van der Waals surface area contributed by atoms with Crippen LogP contribution in [-0.4, -0.2) is 58.7 Å². The Bertz CT molecular complexity index is 1040. The minimum Gasteiger partial charge on any atom is -0.480 e. The molecule has 0 spiro atoms. The van der Waals surface area contributed by atoms with E-state index in [4.69, 9.17) is 4.74 Å². The molecule has 208 valence electrons. The zero-order valence-electron chi connectivity index (χ0n) is 23.0. The summed E-state index contributed by atoms with van der Waals surface area (Å²) in [6.07, 6.45) is 10.9. The topological polar surface area (TPSA) is 75.6 Å². The van der Waals surface area contributed by atoms with Crippen LogP contribution in [0, 0.1) is 6.92 Å². The van der Waals surface area contributed by atoms with E-state index in [1.54, 1.807) is 11.8 Å². The molecule has 1 saturated carbocycles. The number of carboxylic acids is 1. The predicted octanol–water partition coefficient (Wildman–Crippen LogP) is 7.00. The number of aryl methyl sites for hydroxylation is 2. The lowest BCUT2D eigenvalue weighted by Crippen LogP contribution is -2.41. The van der Waals surface area contributed by atoms with Crippen LogP contribution in [0.5, 0.6) is 0 Å². The van der Waals surface area contributed by atoms with Gasteiger partial charge in [0.2, 0.25) is 0 Å². The maximum absolute atomic E-state index is 13.3. The average molecular weight is 558 g/mol. The second kappa shape index (κ2) is 16.2. The fourth-order valence-corrected chi connectivity index (χ4v) is 6.23. The van der Waals surface area contributed by atoms with Crippen molar-refractivity contribution in [1.82, 2.24) is 5.32 Å². The van der Waals surface area contributed by atoms with E-state index < -0.39 is 12.0 Å². The zero-order chi connectivity index (χ0) is 27.3. The Kier molecular flexibility index (Phi) is 13.0. The molecule has 5 nitrogen and oxygen atoms in total. The summed E-state index contributed by atoms with van der Waals surface area (Å²) in [6, 6.07) is 13.1. The molecule has 0 saturated heterocycles. The van der Waals surface area contributed by atoms with Gasteiger partial charge in [-0.15, -0.1) is 0 Å². The lowest BCUT2D eigenvalue weighted by Gasteiger charge is -2.27. The van der Waals surface area contributed by atoms with E-state index in [9.17, 15) is 14.7 Å². The summed E-state index contributed by atoms with van der Waals surface area (Å²) in [6.45, 7) is 4.23. The molecule has 0 aliphatic heterocycles. The normalized spacial score (nSPS) is 15.7. The Hall–Kier alpha value is -1.96. The lowest BCUT2D eigenvalue weighted by molar-refractivity contribution is -0.139. The molecule has 38 heavy (non-hydrogen) atoms. The van der Waals surface area contributed by atoms with Gasteiger partial charge in [0.25, 0.3) is 5.91 Å². The molecule has 1 aliphatic carbocycles. The molecular weight excluding hydrogens is 514 g/mol. The van der Waals surface area contributed by atoms with E-state index in [1.165, 1.54) is 32.1 Å². The van der Waals surface area contributed by atoms with Gasteiger partial charge in [-0.05, 0) is 85.1 Å². The molecule has 2 aromatic carbocycles. The van der Waals surface area contributed by atoms with Crippen molar-refractivity contribution in [1.29, 1.82) is 0 Å². The van der Waals surface area contributed by atoms with E-state index in [2.05, 4.69) is 18.3 Å². The summed E-state index contributed by atoms with van der Waals surface area (Å²) < 4.78 is 6.57. The molecule has 7 heteroatoms. The molecule has 2 unspecified atom stereocenters. The molecule has 2 atom stereocenters. The number of hydrogen-bond acceptors (Lipinski definition) is 5. The van der Waals surface area contributed by atoms with E-state index in [0.29, 0.717) is 23.8 Å². The fourth-order valence-electron chi connectivity index (χ4n) is 5.01. The van der Waals surface area contributed by atoms with Crippen LogP contribution in [0.3, 0.4) is 0 Å². The van der Waals surface area contributed by atoms with E-state index in [0.717, 1.165) is 46.6 Å². The highest BCUT2D eigenvalue weighted by molar-refractivity contribution is 7.99. The summed E-state index contributed by atoms with van der Waals surface area (Å²) >= 11 is 3.51. The maximum Gasteiger partial charge on any atom is 0.326 e. The SMILES string of the molecule is CCSCC(CCc1ccc(C(=O)NC(CCSC)C(=O)O)c(-c2ccccc2C)c1)OC1CCCCC1. The first-order valence-electron chi connectivity index (χ1n) is 13.9. The molecule has 3 rings (SSSR count). The zero-order valence-corrected chi connectivity index (χ0v) is 24.7. The average Bonchev–Trinajstić information content (AvgIpc) is 2.93. The predicted molar refractivity (Wildman–Crippen MR) is 162 cm³/mol. The fraction of sp³-hybridized carbons (Fsp3) is 0.548. The first kappa shape index (κ1) is 30.6. The van der Waals surface area contributed by atoms with Gasteiger partial charge >= 0.3 is 5.97 Å². The first-order chi connectivity index (χ1) is 18.4. The number of rotatable bonds is 15. The van der Waals surface area contributed by atoms with E-state index in [-0.39, 0.29) is 12.0 Å². The van der Waals surface area contributed by atoms with Crippen LogP contribution >= 0.6 is 23.5 Å². The lowest BCUT2D eigenvalue weighted by atomic mass is 9.92. The highest BCUT2D eigenvalue weighted by Crippen LogP contribution is 2.30. The van der Waals surface area contributed by atoms with Crippen molar-refractivity contribution in [2.24, 2.45) is 0 Å². The van der Waals surface area contributed by atoms with E-state index >= 15 is 0 Å². The molecule has 2 aromatic rings. The number of carbonyl (C=O) groups excluding carboxylic acids is 1. The summed E-state index contributed by atoms with van der Waals surface area (Å²) in [5.41, 5.74) is 4.59. The molecular formula is C31H43NO4S2. The largest absolute Gasteiger partial charge is 0.480 e. The van der Waals surface area contributed by atoms with Gasteiger partial charge in [0.05, 0.1) is 12.2 Å². The molecule has 0 heterocycles. The van der Waals surface area contributed by atoms with Crippen LogP contribution in [0.15, 0.2) is 42.5 Å². The molecule has 1 aliphatic rings. The van der Waals surface area contributed by atoms with Crippen molar-refractivity contribution >= 4 is 35.4 Å². The summed E-state index contributed by atoms with van der Waals surface area (Å²) in [7, 11) is 0. The number of nitrogens with one attached hydrogen (secondary N) is 1. The quantitative estimate of drug-likeness (QED) is 0.246. The standard InChI is InChI=1S/C31H43NO4S2/c1-4-38-21-25(36-24-11-6-5-7-12-24)16-14-23-15-17-27(28(20-23)26-13-9-8-10-22(26)2)30(33)32-29(31(34)35)18-19-37-3/h8-10,13,15,17,20,24-25,29H,4-7,11-12,14,16,18-19,21H2,1-3H3,(H,32,33)(H,34,35). The molecule has 0 bridgehead atoms. The Morgan fingerprint density at radius 1 is 1.08 bits per heavy atom. The Labute approximate surface area is 236 Å². The number of hydrogen-bond donors (Lipinski definition) is 2. The van der Waals surface area contributed by atoms with Gasteiger partial charge in [0.1, 0.15) is 6.04 Å². The number of carbonyl (C=O) groups is 2. The molecule has 2 N–H and O–H groups in total. The third-order valence-corrected chi connectivity index (χ3v) is 8.84. The van der Waals surface area contributed by atoms with Crippen molar-refractivity contribution in [2.45, 2.75) is 83.5 Å². The number of carboxylic acid groups (broad SMARTS) is 1. The second-order valence-corrected chi connectivity index (χ2v) is 12.4. The van der Waals surface area contributed by atoms with Gasteiger partial charge in [-0.3, -0.25) is 4.79 Å². The smallest absolute Gasteiger partial charge is 0.326 e. The van der Waals surface area contributed by atoms with Crippen LogP contribution in [0.25, 0.3) is 11.1 Å². The Morgan fingerprint density at radius 2 is 1.84 bits per heavy atom. The van der Waals surface area contributed by atoms with Crippen molar-refractivity contribution < 1.29 is 19.4 Å². The summed E-state index contributed by atoms with van der Waals surface area (Å²) in [5.74, 6) is 1.41. The van der Waals surface area contributed by atoms with Gasteiger partial charge in [-0.25, -0.2) is 4.79 Å². The molecule has 0 radical (unpaired) electrons. The van der Waals surface area contributed by atoms with Gasteiger partial charge in [-0.1, -0.05) is 62.6 Å². The van der Waals surface area contributed by atoms with Gasteiger partial charge in [0.15, 0.2) is 0 Å². The van der Waals surface area contributed by atoms with Gasteiger partial charge < -0.3 is 15.2 Å². The molecule has 0 aromatic heterocycles. The monoisotopic (exact) mass is 557 g/mol. The number of thioether (sulfide) groups is 2. The second-order valence-electron chi connectivity index (χ2n) is 10.1. The van der Waals surface area contributed by atoms with Crippen molar-refractivity contribution in [3.63, 3.8) is 0 Å². The van der Waals surface area contributed by atoms with Crippen LogP contribution in [0.1, 0.15) is 73.4 Å². The highest BCUT2D eigenvalue weighted by Gasteiger charge is 2.23. The van der Waals surface area contributed by atoms with Crippen LogP contribution in [0.2, 0.25) is 0 Å². The minimum atomic E-state index is -1.00. The van der Waals surface area contributed by atoms with Gasteiger partial charge in [-0.2, -0.15) is 23.5 Å². The van der Waals surface area contributed by atoms with Crippen molar-refractivity contribution in [3.05, 3.63) is 59.2 Å². The van der Waals surface area contributed by atoms with Crippen molar-refractivity contribution in [3.8, 4) is 11.1 Å². The highest BCUT2D eigenvalue weighted by atomic mass is 32.2. The minimum absolute atomic E-state index is 0.223. The summed E-state index contributed by atoms with van der Waals surface area (Å²) in [4.78, 5) is 25.1. The third-order valence-electron chi connectivity index (χ3n) is 7.18. The summed E-state index contributed by atoms with van der Waals surface area (Å²) in [5, 5.41) is 12.4. The number of ether oxygens (including phenoxy) is 1. The Morgan fingerprint density at radius 3 is 2.53 bits per heavy atom. The van der Waals surface area contributed by atoms with Crippen LogP contribution in [-0.2, 0) is 16.0 Å². The Balaban J connectivity index is 1.82. The first-order valence-corrected chi connectivity index (χ1v) is 16.4. The van der Waals surface area contributed by atoms with Crippen LogP contribution in [0.4, 0.5) is 0 Å². The number of benzene rings is 2. The third kappa shape index (κ3) is 9.35. The van der Waals surface area contributed by atoms with E-state index in [1.807, 2.05) is 61.3 Å². The maximum atomic E-state index is 13.3.